The van der Waals surface area contributed by atoms with Crippen molar-refractivity contribution in [2.45, 2.75) is 51.1 Å². The number of hydrogen-bond donors (Lipinski definition) is 5. The van der Waals surface area contributed by atoms with E-state index in [9.17, 15) is 18.0 Å². The first-order valence-electron chi connectivity index (χ1n) is 12.3. The van der Waals surface area contributed by atoms with E-state index >= 15 is 0 Å². The van der Waals surface area contributed by atoms with Crippen LogP contribution in [0.1, 0.15) is 43.4 Å². The number of rotatable bonds is 15. The molecule has 2 rings (SSSR count). The molecule has 0 aromatic heterocycles. The maximum absolute atomic E-state index is 13.3. The van der Waals surface area contributed by atoms with Crippen LogP contribution in [0.2, 0.25) is 0 Å². The van der Waals surface area contributed by atoms with Crippen molar-refractivity contribution in [3.63, 3.8) is 0 Å². The first-order valence-corrected chi connectivity index (χ1v) is 15.3. The SMILES string of the molecule is CCC(C)[C@@H](NS(=O)(=O)Cc1ccccc1)C(=O)N[C@@H](CCSC)C(=O)NCc1ccc(/C(N)=N\O)cc1. The van der Waals surface area contributed by atoms with Gasteiger partial charge in [0, 0.05) is 12.1 Å². The second kappa shape index (κ2) is 15.4. The summed E-state index contributed by atoms with van der Waals surface area (Å²) in [7, 11) is -3.81. The van der Waals surface area contributed by atoms with Gasteiger partial charge in [0.15, 0.2) is 5.84 Å². The minimum absolute atomic E-state index is 0.0179. The summed E-state index contributed by atoms with van der Waals surface area (Å²) in [6, 6.07) is 13.7. The van der Waals surface area contributed by atoms with Gasteiger partial charge in [-0.2, -0.15) is 11.8 Å². The highest BCUT2D eigenvalue weighted by atomic mass is 32.2. The Balaban J connectivity index is 2.10. The van der Waals surface area contributed by atoms with Crippen molar-refractivity contribution >= 4 is 39.4 Å². The predicted octanol–water partition coefficient (Wildman–Crippen LogP) is 2.17. The van der Waals surface area contributed by atoms with E-state index in [4.69, 9.17) is 10.9 Å². The number of oxime groups is 1. The van der Waals surface area contributed by atoms with E-state index in [1.165, 1.54) is 11.8 Å². The van der Waals surface area contributed by atoms with Gasteiger partial charge in [0.05, 0.1) is 5.75 Å². The molecule has 2 amide bonds. The summed E-state index contributed by atoms with van der Waals surface area (Å²) in [5, 5.41) is 17.3. The van der Waals surface area contributed by atoms with Gasteiger partial charge in [-0.3, -0.25) is 9.59 Å². The highest BCUT2D eigenvalue weighted by Crippen LogP contribution is 2.13. The summed E-state index contributed by atoms with van der Waals surface area (Å²) in [6.45, 7) is 3.88. The van der Waals surface area contributed by atoms with Gasteiger partial charge >= 0.3 is 0 Å². The molecular formula is C26H37N5O5S2. The molecule has 0 spiro atoms. The second-order valence-electron chi connectivity index (χ2n) is 8.97. The molecule has 0 aliphatic carbocycles. The second-order valence-corrected chi connectivity index (χ2v) is 11.7. The maximum atomic E-state index is 13.3. The van der Waals surface area contributed by atoms with Crippen LogP contribution in [0.5, 0.6) is 0 Å². The third-order valence-electron chi connectivity index (χ3n) is 6.07. The number of nitrogens with zero attached hydrogens (tertiary/aromatic N) is 1. The van der Waals surface area contributed by atoms with Crippen molar-refractivity contribution < 1.29 is 23.2 Å². The molecule has 0 radical (unpaired) electrons. The highest BCUT2D eigenvalue weighted by molar-refractivity contribution is 7.98. The normalized spacial score (nSPS) is 14.3. The molecule has 0 saturated heterocycles. The molecule has 2 aromatic rings. The summed E-state index contributed by atoms with van der Waals surface area (Å²) >= 11 is 1.54. The van der Waals surface area contributed by atoms with Gasteiger partial charge in [-0.05, 0) is 35.5 Å². The van der Waals surface area contributed by atoms with Crippen LogP contribution < -0.4 is 21.1 Å². The molecule has 38 heavy (non-hydrogen) atoms. The van der Waals surface area contributed by atoms with Gasteiger partial charge in [-0.25, -0.2) is 13.1 Å². The number of thioether (sulfide) groups is 1. The van der Waals surface area contributed by atoms with Crippen LogP contribution in [-0.2, 0) is 31.9 Å². The van der Waals surface area contributed by atoms with Gasteiger partial charge < -0.3 is 21.6 Å². The molecule has 0 heterocycles. The largest absolute Gasteiger partial charge is 0.409 e. The third-order valence-corrected chi connectivity index (χ3v) is 8.04. The van der Waals surface area contributed by atoms with Crippen molar-refractivity contribution in [1.82, 2.24) is 15.4 Å². The van der Waals surface area contributed by atoms with Crippen LogP contribution in [-0.4, -0.2) is 55.4 Å². The molecule has 2 aromatic carbocycles. The Kier molecular flexibility index (Phi) is 12.6. The molecule has 1 unspecified atom stereocenters. The average molecular weight is 564 g/mol. The van der Waals surface area contributed by atoms with Crippen LogP contribution in [0.3, 0.4) is 0 Å². The van der Waals surface area contributed by atoms with Crippen LogP contribution in [0.4, 0.5) is 0 Å². The summed E-state index contributed by atoms with van der Waals surface area (Å²) < 4.78 is 28.3. The lowest BCUT2D eigenvalue weighted by Crippen LogP contribution is -2.55. The number of benzene rings is 2. The minimum atomic E-state index is -3.81. The Bertz CT molecular complexity index is 1170. The van der Waals surface area contributed by atoms with E-state index in [0.717, 1.165) is 5.56 Å². The van der Waals surface area contributed by atoms with Crippen LogP contribution in [0.15, 0.2) is 59.8 Å². The Morgan fingerprint density at radius 2 is 1.71 bits per heavy atom. The Morgan fingerprint density at radius 1 is 1.05 bits per heavy atom. The molecular weight excluding hydrogens is 526 g/mol. The lowest BCUT2D eigenvalue weighted by atomic mass is 9.99. The third kappa shape index (κ3) is 9.99. The fourth-order valence-corrected chi connectivity index (χ4v) is 5.53. The number of amidine groups is 1. The Hall–Kier alpha value is -3.09. The number of carbonyl (C=O) groups is 2. The van der Waals surface area contributed by atoms with E-state index < -0.39 is 28.0 Å². The molecule has 3 atom stereocenters. The summed E-state index contributed by atoms with van der Waals surface area (Å²) in [6.07, 6.45) is 2.85. The molecule has 12 heteroatoms. The van der Waals surface area contributed by atoms with Crippen molar-refractivity contribution in [3.8, 4) is 0 Å². The Morgan fingerprint density at radius 3 is 2.29 bits per heavy atom. The molecule has 0 bridgehead atoms. The maximum Gasteiger partial charge on any atom is 0.242 e. The summed E-state index contributed by atoms with van der Waals surface area (Å²) in [5.41, 5.74) is 7.51. The molecule has 0 saturated carbocycles. The van der Waals surface area contributed by atoms with E-state index in [1.54, 1.807) is 61.5 Å². The fourth-order valence-electron chi connectivity index (χ4n) is 3.62. The highest BCUT2D eigenvalue weighted by Gasteiger charge is 2.31. The zero-order valence-electron chi connectivity index (χ0n) is 21.9. The Labute approximate surface area is 228 Å². The van der Waals surface area contributed by atoms with E-state index in [0.29, 0.717) is 29.7 Å². The molecule has 6 N–H and O–H groups in total. The van der Waals surface area contributed by atoms with Crippen molar-refractivity contribution in [1.29, 1.82) is 0 Å². The zero-order chi connectivity index (χ0) is 28.1. The first kappa shape index (κ1) is 31.1. The molecule has 0 fully saturated rings. The van der Waals surface area contributed by atoms with Gasteiger partial charge in [0.2, 0.25) is 21.8 Å². The standard InChI is InChI=1S/C26H37N5O5S2/c1-4-18(2)23(31-38(35,36)17-20-8-6-5-7-9-20)26(33)29-22(14-15-37-3)25(32)28-16-19-10-12-21(13-11-19)24(27)30-34/h5-13,18,22-23,31,34H,4,14-17H2,1-3H3,(H2,27,30)(H,28,32)(H,29,33)/t18?,22-,23+/m0/s1. The predicted molar refractivity (Wildman–Crippen MR) is 151 cm³/mol. The van der Waals surface area contributed by atoms with Gasteiger partial charge in [-0.1, -0.05) is 80.0 Å². The number of carbonyl (C=O) groups excluding carboxylic acids is 2. The van der Waals surface area contributed by atoms with E-state index in [1.807, 2.05) is 13.2 Å². The lowest BCUT2D eigenvalue weighted by molar-refractivity contribution is -0.130. The molecule has 10 nitrogen and oxygen atoms in total. The quantitative estimate of drug-likeness (QED) is 0.0959. The monoisotopic (exact) mass is 563 g/mol. The fraction of sp³-hybridized carbons (Fsp3) is 0.423. The van der Waals surface area contributed by atoms with Gasteiger partial charge in [-0.15, -0.1) is 0 Å². The average Bonchev–Trinajstić information content (AvgIpc) is 2.92. The van der Waals surface area contributed by atoms with Crippen molar-refractivity contribution in [3.05, 3.63) is 71.3 Å². The topological polar surface area (TPSA) is 163 Å². The van der Waals surface area contributed by atoms with Gasteiger partial charge in [0.1, 0.15) is 12.1 Å². The molecule has 0 aliphatic rings. The van der Waals surface area contributed by atoms with Crippen LogP contribution in [0, 0.1) is 5.92 Å². The minimum Gasteiger partial charge on any atom is -0.409 e. The first-order chi connectivity index (χ1) is 18.1. The number of amides is 2. The van der Waals surface area contributed by atoms with Crippen LogP contribution >= 0.6 is 11.8 Å². The molecule has 208 valence electrons. The summed E-state index contributed by atoms with van der Waals surface area (Å²) in [5.74, 6) is -0.850. The van der Waals surface area contributed by atoms with Gasteiger partial charge in [0.25, 0.3) is 0 Å². The summed E-state index contributed by atoms with van der Waals surface area (Å²) in [4.78, 5) is 26.3. The van der Waals surface area contributed by atoms with Crippen LogP contribution in [0.25, 0.3) is 0 Å². The number of nitrogens with two attached hydrogens (primary N) is 1. The van der Waals surface area contributed by atoms with Crippen molar-refractivity contribution in [2.75, 3.05) is 12.0 Å². The van der Waals surface area contributed by atoms with E-state index in [-0.39, 0.29) is 30.0 Å². The number of nitrogens with one attached hydrogen (secondary N) is 3. The smallest absolute Gasteiger partial charge is 0.242 e. The van der Waals surface area contributed by atoms with Crippen molar-refractivity contribution in [2.24, 2.45) is 16.8 Å². The zero-order valence-corrected chi connectivity index (χ0v) is 23.5. The number of sulfonamides is 1. The number of hydrogen-bond acceptors (Lipinski definition) is 7. The van der Waals surface area contributed by atoms with E-state index in [2.05, 4.69) is 20.5 Å². The lowest BCUT2D eigenvalue weighted by Gasteiger charge is -2.26. The molecule has 0 aliphatic heterocycles.